The van der Waals surface area contributed by atoms with Gasteiger partial charge in [0.15, 0.2) is 0 Å². The second kappa shape index (κ2) is 6.53. The lowest BCUT2D eigenvalue weighted by molar-refractivity contribution is -0.384. The maximum Gasteiger partial charge on any atom is 0.269 e. The second-order valence-corrected chi connectivity index (χ2v) is 5.30. The molecule has 21 heavy (non-hydrogen) atoms. The molecule has 1 aromatic carbocycles. The summed E-state index contributed by atoms with van der Waals surface area (Å²) >= 11 is 0. The van der Waals surface area contributed by atoms with Crippen molar-refractivity contribution in [1.29, 1.82) is 0 Å². The first-order valence-corrected chi connectivity index (χ1v) is 6.98. The van der Waals surface area contributed by atoms with Crippen LogP contribution in [0.3, 0.4) is 0 Å². The molecule has 0 radical (unpaired) electrons. The first-order chi connectivity index (χ1) is 10.0. The molecular formula is C14H20N4O3. The van der Waals surface area contributed by atoms with Crippen LogP contribution in [0.5, 0.6) is 0 Å². The van der Waals surface area contributed by atoms with Crippen molar-refractivity contribution in [2.24, 2.45) is 11.7 Å². The Balaban J connectivity index is 2.07. The fourth-order valence-corrected chi connectivity index (χ4v) is 2.68. The third-order valence-corrected chi connectivity index (χ3v) is 3.95. The molecule has 1 amide bonds. The topological polar surface area (TPSA) is 102 Å². The lowest BCUT2D eigenvalue weighted by atomic mass is 9.96. The molecule has 0 aliphatic carbocycles. The van der Waals surface area contributed by atoms with Gasteiger partial charge in [-0.05, 0) is 37.6 Å². The molecule has 1 saturated heterocycles. The van der Waals surface area contributed by atoms with Gasteiger partial charge < -0.3 is 11.1 Å². The van der Waals surface area contributed by atoms with Crippen LogP contribution in [0, 0.1) is 16.0 Å². The van der Waals surface area contributed by atoms with Crippen molar-refractivity contribution >= 4 is 17.3 Å². The summed E-state index contributed by atoms with van der Waals surface area (Å²) in [7, 11) is 1.80. The Kier molecular flexibility index (Phi) is 4.74. The molecule has 7 heteroatoms. The number of primary amides is 1. The maximum absolute atomic E-state index is 11.2. The van der Waals surface area contributed by atoms with E-state index < -0.39 is 0 Å². The number of rotatable bonds is 5. The predicted molar refractivity (Wildman–Crippen MR) is 79.8 cm³/mol. The second-order valence-electron chi connectivity index (χ2n) is 5.30. The number of piperidine rings is 1. The number of amides is 1. The van der Waals surface area contributed by atoms with Crippen molar-refractivity contribution in [1.82, 2.24) is 4.90 Å². The molecule has 7 nitrogen and oxygen atoms in total. The number of nitrogens with one attached hydrogen (secondary N) is 1. The van der Waals surface area contributed by atoms with Crippen molar-refractivity contribution in [3.05, 3.63) is 33.9 Å². The van der Waals surface area contributed by atoms with Gasteiger partial charge in [0.2, 0.25) is 5.91 Å². The van der Waals surface area contributed by atoms with Crippen molar-refractivity contribution < 1.29 is 9.72 Å². The number of nitrogens with two attached hydrogens (primary N) is 1. The van der Waals surface area contributed by atoms with Crippen LogP contribution in [0.4, 0.5) is 11.4 Å². The van der Waals surface area contributed by atoms with Gasteiger partial charge in [0.25, 0.3) is 5.69 Å². The zero-order chi connectivity index (χ0) is 15.4. The number of hydrogen-bond donors (Lipinski definition) is 2. The minimum absolute atomic E-state index is 0.0462. The smallest absolute Gasteiger partial charge is 0.269 e. The molecule has 3 N–H and O–H groups in total. The number of nitrogens with zero attached hydrogens (tertiary/aromatic N) is 2. The summed E-state index contributed by atoms with van der Waals surface area (Å²) in [5.41, 5.74) is 7.19. The molecule has 1 fully saturated rings. The van der Waals surface area contributed by atoms with Gasteiger partial charge in [-0.1, -0.05) is 0 Å². The van der Waals surface area contributed by atoms with Crippen LogP contribution < -0.4 is 11.1 Å². The van der Waals surface area contributed by atoms with Gasteiger partial charge in [-0.15, -0.1) is 0 Å². The largest absolute Gasteiger partial charge is 0.388 e. The summed E-state index contributed by atoms with van der Waals surface area (Å²) in [5, 5.41) is 13.9. The highest BCUT2D eigenvalue weighted by Crippen LogP contribution is 2.25. The number of anilines is 1. The quantitative estimate of drug-likeness (QED) is 0.630. The predicted octanol–water partition coefficient (Wildman–Crippen LogP) is 1.33. The molecular weight excluding hydrogens is 272 g/mol. The van der Waals surface area contributed by atoms with Crippen LogP contribution in [0.15, 0.2) is 18.2 Å². The van der Waals surface area contributed by atoms with Crippen molar-refractivity contribution in [2.45, 2.75) is 19.4 Å². The van der Waals surface area contributed by atoms with Crippen LogP contribution >= 0.6 is 0 Å². The first-order valence-electron chi connectivity index (χ1n) is 6.98. The van der Waals surface area contributed by atoms with Gasteiger partial charge in [-0.2, -0.15) is 0 Å². The van der Waals surface area contributed by atoms with E-state index in [1.54, 1.807) is 19.2 Å². The monoisotopic (exact) mass is 292 g/mol. The summed E-state index contributed by atoms with van der Waals surface area (Å²) in [6, 6.07) is 4.82. The fraction of sp³-hybridized carbons (Fsp3) is 0.500. The van der Waals surface area contributed by atoms with Gasteiger partial charge in [0, 0.05) is 37.3 Å². The van der Waals surface area contributed by atoms with Gasteiger partial charge in [0.1, 0.15) is 0 Å². The number of carbonyl (C=O) groups is 1. The van der Waals surface area contributed by atoms with E-state index in [4.69, 9.17) is 5.73 Å². The van der Waals surface area contributed by atoms with Gasteiger partial charge in [0.05, 0.1) is 4.92 Å². The summed E-state index contributed by atoms with van der Waals surface area (Å²) < 4.78 is 0. The first kappa shape index (κ1) is 15.2. The number of benzene rings is 1. The molecule has 2 rings (SSSR count). The zero-order valence-corrected chi connectivity index (χ0v) is 12.0. The normalized spacial score (nSPS) is 16.6. The average molecular weight is 292 g/mol. The average Bonchev–Trinajstić information content (AvgIpc) is 2.47. The Morgan fingerprint density at radius 3 is 2.67 bits per heavy atom. The third kappa shape index (κ3) is 3.69. The van der Waals surface area contributed by atoms with Crippen LogP contribution in [-0.2, 0) is 11.3 Å². The Labute approximate surface area is 123 Å². The van der Waals surface area contributed by atoms with Crippen molar-refractivity contribution in [2.75, 3.05) is 25.5 Å². The molecule has 1 aliphatic rings. The zero-order valence-electron chi connectivity index (χ0n) is 12.0. The summed E-state index contributed by atoms with van der Waals surface area (Å²) in [6.45, 7) is 2.18. The highest BCUT2D eigenvalue weighted by molar-refractivity contribution is 5.76. The number of likely N-dealkylation sites (tertiary alicyclic amines) is 1. The van der Waals surface area contributed by atoms with Gasteiger partial charge in [-0.25, -0.2) is 0 Å². The van der Waals surface area contributed by atoms with Gasteiger partial charge >= 0.3 is 0 Å². The Bertz CT molecular complexity index is 539. The van der Waals surface area contributed by atoms with Crippen molar-refractivity contribution in [3.63, 3.8) is 0 Å². The molecule has 114 valence electrons. The van der Waals surface area contributed by atoms with E-state index in [0.717, 1.165) is 37.2 Å². The summed E-state index contributed by atoms with van der Waals surface area (Å²) in [5.74, 6) is -0.281. The van der Waals surface area contributed by atoms with E-state index in [2.05, 4.69) is 10.2 Å². The SMILES string of the molecule is CNc1ccc([N+](=O)[O-])cc1CN1CCC(C(N)=O)CC1. The Morgan fingerprint density at radius 2 is 2.14 bits per heavy atom. The summed E-state index contributed by atoms with van der Waals surface area (Å²) in [4.78, 5) is 23.8. The molecule has 0 atom stereocenters. The molecule has 1 aliphatic heterocycles. The highest BCUT2D eigenvalue weighted by Gasteiger charge is 2.23. The minimum Gasteiger partial charge on any atom is -0.388 e. The minimum atomic E-state index is -0.387. The number of carbonyl (C=O) groups excluding carboxylic acids is 1. The third-order valence-electron chi connectivity index (χ3n) is 3.95. The number of nitro benzene ring substituents is 1. The van der Waals surface area contributed by atoms with E-state index in [1.165, 1.54) is 6.07 Å². The van der Waals surface area contributed by atoms with E-state index in [1.807, 2.05) is 0 Å². The van der Waals surface area contributed by atoms with Crippen LogP contribution in [-0.4, -0.2) is 35.9 Å². The molecule has 1 aromatic rings. The molecule has 0 bridgehead atoms. The Morgan fingerprint density at radius 1 is 1.48 bits per heavy atom. The van der Waals surface area contributed by atoms with E-state index in [9.17, 15) is 14.9 Å². The van der Waals surface area contributed by atoms with E-state index >= 15 is 0 Å². The van der Waals surface area contributed by atoms with E-state index in [-0.39, 0.29) is 22.4 Å². The molecule has 0 unspecified atom stereocenters. The molecule has 0 aromatic heterocycles. The maximum atomic E-state index is 11.2. The van der Waals surface area contributed by atoms with Gasteiger partial charge in [-0.3, -0.25) is 19.8 Å². The standard InChI is InChI=1S/C14H20N4O3/c1-16-13-3-2-12(18(20)21)8-11(13)9-17-6-4-10(5-7-17)14(15)19/h2-3,8,10,16H,4-7,9H2,1H3,(H2,15,19). The fourth-order valence-electron chi connectivity index (χ4n) is 2.68. The van der Waals surface area contributed by atoms with Crippen LogP contribution in [0.25, 0.3) is 0 Å². The number of hydrogen-bond acceptors (Lipinski definition) is 5. The molecule has 1 heterocycles. The highest BCUT2D eigenvalue weighted by atomic mass is 16.6. The number of non-ortho nitro benzene ring substituents is 1. The molecule has 0 saturated carbocycles. The number of nitro groups is 1. The lowest BCUT2D eigenvalue weighted by Gasteiger charge is -2.30. The van der Waals surface area contributed by atoms with Crippen LogP contribution in [0.1, 0.15) is 18.4 Å². The van der Waals surface area contributed by atoms with Crippen molar-refractivity contribution in [3.8, 4) is 0 Å². The lowest BCUT2D eigenvalue weighted by Crippen LogP contribution is -2.38. The Hall–Kier alpha value is -2.15. The van der Waals surface area contributed by atoms with E-state index in [0.29, 0.717) is 6.54 Å². The molecule has 0 spiro atoms. The van der Waals surface area contributed by atoms with Crippen LogP contribution in [0.2, 0.25) is 0 Å². The summed E-state index contributed by atoms with van der Waals surface area (Å²) in [6.07, 6.45) is 1.50.